The Balaban J connectivity index is 2.20. The van der Waals surface area contributed by atoms with Crippen LogP contribution in [-0.2, 0) is 31.2 Å². The minimum Gasteiger partial charge on any atom is -0.380 e. The van der Waals surface area contributed by atoms with Gasteiger partial charge in [0.25, 0.3) is 5.56 Å². The lowest BCUT2D eigenvalue weighted by atomic mass is 10.2. The van der Waals surface area contributed by atoms with Crippen LogP contribution in [0, 0.1) is 5.82 Å². The van der Waals surface area contributed by atoms with Crippen molar-refractivity contribution in [2.24, 2.45) is 14.1 Å². The van der Waals surface area contributed by atoms with Crippen LogP contribution in [0.5, 0.6) is 0 Å². The van der Waals surface area contributed by atoms with Gasteiger partial charge in [0.05, 0.1) is 12.0 Å². The fourth-order valence-electron chi connectivity index (χ4n) is 2.73. The molecule has 26 heavy (non-hydrogen) atoms. The number of ether oxygens (including phenoxy) is 1. The second-order valence-corrected chi connectivity index (χ2v) is 6.82. The summed E-state index contributed by atoms with van der Waals surface area (Å²) in [7, 11) is 4.55. The quantitative estimate of drug-likeness (QED) is 0.640. The van der Waals surface area contributed by atoms with Crippen LogP contribution >= 0.6 is 11.8 Å². The first-order valence-corrected chi connectivity index (χ1v) is 8.87. The monoisotopic (exact) mass is 375 g/mol. The van der Waals surface area contributed by atoms with Gasteiger partial charge in [-0.15, -0.1) is 11.8 Å². The summed E-state index contributed by atoms with van der Waals surface area (Å²) >= 11 is 1.33. The molecule has 0 aliphatic carbocycles. The number of aromatic nitrogens is 3. The van der Waals surface area contributed by atoms with E-state index in [1.807, 2.05) is 0 Å². The molecule has 0 spiro atoms. The van der Waals surface area contributed by atoms with E-state index in [0.29, 0.717) is 27.2 Å². The average Bonchev–Trinajstić information content (AvgIpc) is 2.64. The van der Waals surface area contributed by atoms with Gasteiger partial charge < -0.3 is 4.74 Å². The molecule has 136 valence electrons. The van der Waals surface area contributed by atoms with Gasteiger partial charge in [-0.05, 0) is 11.6 Å². The zero-order valence-corrected chi connectivity index (χ0v) is 15.5. The lowest BCUT2D eigenvalue weighted by Crippen LogP contribution is -2.37. The number of pyridine rings is 1. The summed E-state index contributed by atoms with van der Waals surface area (Å²) in [6.45, 7) is 0.258. The number of aryl methyl sites for hydroxylation is 1. The van der Waals surface area contributed by atoms with E-state index in [0.717, 1.165) is 10.1 Å². The summed E-state index contributed by atoms with van der Waals surface area (Å²) < 4.78 is 21.5. The highest BCUT2D eigenvalue weighted by molar-refractivity contribution is 7.98. The van der Waals surface area contributed by atoms with Gasteiger partial charge in [-0.3, -0.25) is 13.9 Å². The van der Waals surface area contributed by atoms with E-state index >= 15 is 0 Å². The highest BCUT2D eigenvalue weighted by Gasteiger charge is 2.18. The maximum absolute atomic E-state index is 14.0. The molecule has 0 amide bonds. The summed E-state index contributed by atoms with van der Waals surface area (Å²) in [5.74, 6) is 0.0426. The van der Waals surface area contributed by atoms with Crippen LogP contribution in [0.15, 0.2) is 44.9 Å². The molecule has 0 aliphatic rings. The summed E-state index contributed by atoms with van der Waals surface area (Å²) in [5.41, 5.74) is 0.683. The van der Waals surface area contributed by atoms with Crippen molar-refractivity contribution in [1.82, 2.24) is 14.1 Å². The SMILES string of the molecule is COCc1cnc2c(c1SCc1ccccc1F)c(=O)n(C)c(=O)n2C. The van der Waals surface area contributed by atoms with Gasteiger partial charge in [0.2, 0.25) is 0 Å². The first-order chi connectivity index (χ1) is 12.5. The third-order valence-corrected chi connectivity index (χ3v) is 5.34. The number of rotatable bonds is 5. The van der Waals surface area contributed by atoms with Gasteiger partial charge in [0.1, 0.15) is 11.5 Å². The van der Waals surface area contributed by atoms with Crippen LogP contribution in [0.25, 0.3) is 11.0 Å². The van der Waals surface area contributed by atoms with Gasteiger partial charge in [-0.2, -0.15) is 0 Å². The number of thioether (sulfide) groups is 1. The first-order valence-electron chi connectivity index (χ1n) is 7.88. The van der Waals surface area contributed by atoms with E-state index in [9.17, 15) is 14.0 Å². The molecule has 3 rings (SSSR count). The molecule has 2 aromatic heterocycles. The van der Waals surface area contributed by atoms with Crippen molar-refractivity contribution in [2.45, 2.75) is 17.3 Å². The number of fused-ring (bicyclic) bond motifs is 1. The molecular weight excluding hydrogens is 357 g/mol. The highest BCUT2D eigenvalue weighted by atomic mass is 32.2. The number of benzene rings is 1. The largest absolute Gasteiger partial charge is 0.380 e. The van der Waals surface area contributed by atoms with Crippen LogP contribution in [-0.4, -0.2) is 21.2 Å². The second-order valence-electron chi connectivity index (χ2n) is 5.83. The molecule has 0 saturated carbocycles. The number of methoxy groups -OCH3 is 1. The van der Waals surface area contributed by atoms with Gasteiger partial charge in [0, 0.05) is 43.6 Å². The smallest absolute Gasteiger partial charge is 0.332 e. The van der Waals surface area contributed by atoms with Gasteiger partial charge in [-0.25, -0.2) is 14.2 Å². The first kappa shape index (κ1) is 18.3. The van der Waals surface area contributed by atoms with E-state index in [1.165, 1.54) is 29.4 Å². The minimum atomic E-state index is -0.445. The Morgan fingerprint density at radius 2 is 1.88 bits per heavy atom. The lowest BCUT2D eigenvalue weighted by molar-refractivity contribution is 0.183. The summed E-state index contributed by atoms with van der Waals surface area (Å²) in [6, 6.07) is 6.50. The number of nitrogens with zero attached hydrogens (tertiary/aromatic N) is 3. The Morgan fingerprint density at radius 3 is 2.58 bits per heavy atom. The summed E-state index contributed by atoms with van der Waals surface area (Å²) in [6.07, 6.45) is 1.59. The molecule has 3 aromatic rings. The van der Waals surface area contributed by atoms with Crippen LogP contribution in [0.4, 0.5) is 4.39 Å². The number of hydrogen-bond donors (Lipinski definition) is 0. The zero-order valence-electron chi connectivity index (χ0n) is 14.7. The van der Waals surface area contributed by atoms with Crippen LogP contribution < -0.4 is 11.2 Å². The van der Waals surface area contributed by atoms with E-state index in [-0.39, 0.29) is 12.4 Å². The normalized spacial score (nSPS) is 11.2. The van der Waals surface area contributed by atoms with Gasteiger partial charge in [-0.1, -0.05) is 18.2 Å². The third-order valence-electron chi connectivity index (χ3n) is 4.12. The van der Waals surface area contributed by atoms with Crippen molar-refractivity contribution in [2.75, 3.05) is 7.11 Å². The average molecular weight is 375 g/mol. The summed E-state index contributed by atoms with van der Waals surface area (Å²) in [5, 5.41) is 0.338. The van der Waals surface area contributed by atoms with Gasteiger partial charge in [0.15, 0.2) is 0 Å². The maximum atomic E-state index is 14.0. The standard InChI is InChI=1S/C18H18FN3O3S/c1-21-16-14(17(23)22(2)18(21)24)15(12(8-20-16)9-25-3)26-10-11-6-4-5-7-13(11)19/h4-8H,9-10H2,1-3H3. The van der Waals surface area contributed by atoms with E-state index in [2.05, 4.69) is 4.98 Å². The Kier molecular flexibility index (Phi) is 5.24. The predicted octanol–water partition coefficient (Wildman–Crippen LogP) is 2.21. The van der Waals surface area contributed by atoms with Crippen LogP contribution in [0.2, 0.25) is 0 Å². The molecule has 1 aromatic carbocycles. The molecule has 0 unspecified atom stereocenters. The minimum absolute atomic E-state index is 0.258. The number of hydrogen-bond acceptors (Lipinski definition) is 5. The second kappa shape index (κ2) is 7.43. The molecular formula is C18H18FN3O3S. The molecule has 8 heteroatoms. The molecule has 0 radical (unpaired) electrons. The molecule has 0 aliphatic heterocycles. The Labute approximate surface area is 153 Å². The summed E-state index contributed by atoms with van der Waals surface area (Å²) in [4.78, 5) is 29.8. The molecule has 0 saturated heterocycles. The van der Waals surface area contributed by atoms with E-state index in [4.69, 9.17) is 4.74 Å². The maximum Gasteiger partial charge on any atom is 0.332 e. The van der Waals surface area contributed by atoms with E-state index < -0.39 is 11.2 Å². The van der Waals surface area contributed by atoms with Crippen molar-refractivity contribution >= 4 is 22.8 Å². The van der Waals surface area contributed by atoms with Crippen molar-refractivity contribution < 1.29 is 9.13 Å². The molecule has 0 bridgehead atoms. The molecule has 0 fully saturated rings. The fraction of sp³-hybridized carbons (Fsp3) is 0.278. The fourth-order valence-corrected chi connectivity index (χ4v) is 3.88. The van der Waals surface area contributed by atoms with Crippen LogP contribution in [0.1, 0.15) is 11.1 Å². The third kappa shape index (κ3) is 3.17. The van der Waals surface area contributed by atoms with Gasteiger partial charge >= 0.3 is 5.69 Å². The predicted molar refractivity (Wildman–Crippen MR) is 98.9 cm³/mol. The van der Waals surface area contributed by atoms with Crippen LogP contribution in [0.3, 0.4) is 0 Å². The topological polar surface area (TPSA) is 66.1 Å². The van der Waals surface area contributed by atoms with Crippen molar-refractivity contribution in [3.8, 4) is 0 Å². The molecule has 0 N–H and O–H groups in total. The Hall–Kier alpha value is -2.45. The van der Waals surface area contributed by atoms with E-state index in [1.54, 1.807) is 38.6 Å². The Morgan fingerprint density at radius 1 is 1.15 bits per heavy atom. The zero-order chi connectivity index (χ0) is 18.8. The lowest BCUT2D eigenvalue weighted by Gasteiger charge is -2.14. The Bertz CT molecular complexity index is 1090. The van der Waals surface area contributed by atoms with Crippen molar-refractivity contribution in [1.29, 1.82) is 0 Å². The highest BCUT2D eigenvalue weighted by Crippen LogP contribution is 2.31. The van der Waals surface area contributed by atoms with Crippen molar-refractivity contribution in [3.63, 3.8) is 0 Å². The molecule has 0 atom stereocenters. The molecule has 2 heterocycles. The molecule has 6 nitrogen and oxygen atoms in total. The van der Waals surface area contributed by atoms with Crippen molar-refractivity contribution in [3.05, 3.63) is 68.2 Å². The number of halogens is 1.